The summed E-state index contributed by atoms with van der Waals surface area (Å²) >= 11 is 0. The number of hydrogen-bond acceptors (Lipinski definition) is 3. The van der Waals surface area contributed by atoms with Gasteiger partial charge in [0.1, 0.15) is 12.1 Å². The number of alkyl halides is 3. The molecular formula is C13H10F3N3O2. The van der Waals surface area contributed by atoms with Gasteiger partial charge >= 0.3 is 12.2 Å². The lowest BCUT2D eigenvalue weighted by molar-refractivity contribution is -0.154. The minimum Gasteiger partial charge on any atom is -0.319 e. The molecule has 21 heavy (non-hydrogen) atoms. The number of benzene rings is 1. The predicted octanol–water partition coefficient (Wildman–Crippen LogP) is 1.89. The van der Waals surface area contributed by atoms with Crippen LogP contribution in [-0.2, 0) is 10.3 Å². The maximum atomic E-state index is 12.4. The Balaban J connectivity index is 2.33. The number of nitriles is 1. The van der Waals surface area contributed by atoms with Crippen molar-refractivity contribution in [3.05, 3.63) is 35.4 Å². The molecule has 0 bridgehead atoms. The standard InChI is InChI=1S/C13H10F3N3O2/c1-12(9-4-2-8(6-17)3-5-9)10(20)19(11(21)18-12)7-13(14,15)16/h2-5H,7H2,1H3,(H,18,21). The Hall–Kier alpha value is -2.56. The first kappa shape index (κ1) is 14.8. The summed E-state index contributed by atoms with van der Waals surface area (Å²) in [5, 5.41) is 11.0. The van der Waals surface area contributed by atoms with E-state index in [2.05, 4.69) is 5.32 Å². The van der Waals surface area contributed by atoms with Crippen molar-refractivity contribution in [2.75, 3.05) is 6.54 Å². The first-order chi connectivity index (χ1) is 9.67. The highest BCUT2D eigenvalue weighted by Crippen LogP contribution is 2.31. The van der Waals surface area contributed by atoms with E-state index in [9.17, 15) is 22.8 Å². The molecule has 5 nitrogen and oxygen atoms in total. The molecule has 0 radical (unpaired) electrons. The van der Waals surface area contributed by atoms with Gasteiger partial charge in [-0.1, -0.05) is 12.1 Å². The van der Waals surface area contributed by atoms with Crippen LogP contribution in [-0.4, -0.2) is 29.6 Å². The molecule has 2 rings (SSSR count). The molecule has 1 aliphatic rings. The number of urea groups is 1. The molecule has 1 aromatic rings. The molecule has 8 heteroatoms. The molecule has 0 aromatic heterocycles. The van der Waals surface area contributed by atoms with Gasteiger partial charge in [-0.25, -0.2) is 4.79 Å². The molecule has 0 spiro atoms. The summed E-state index contributed by atoms with van der Waals surface area (Å²) in [7, 11) is 0. The number of nitrogens with zero attached hydrogens (tertiary/aromatic N) is 2. The Labute approximate surface area is 118 Å². The molecule has 1 unspecified atom stereocenters. The maximum Gasteiger partial charge on any atom is 0.406 e. The minimum atomic E-state index is -4.66. The van der Waals surface area contributed by atoms with Crippen LogP contribution in [0.15, 0.2) is 24.3 Å². The van der Waals surface area contributed by atoms with Crippen molar-refractivity contribution in [2.45, 2.75) is 18.6 Å². The van der Waals surface area contributed by atoms with Gasteiger partial charge in [0.2, 0.25) is 0 Å². The molecular weight excluding hydrogens is 287 g/mol. The van der Waals surface area contributed by atoms with E-state index in [1.807, 2.05) is 6.07 Å². The molecule has 0 saturated carbocycles. The highest BCUT2D eigenvalue weighted by Gasteiger charge is 2.51. The van der Waals surface area contributed by atoms with Gasteiger partial charge in [0.15, 0.2) is 0 Å². The van der Waals surface area contributed by atoms with Crippen LogP contribution < -0.4 is 5.32 Å². The molecule has 0 aliphatic carbocycles. The molecule has 1 atom stereocenters. The Kier molecular flexibility index (Phi) is 3.37. The van der Waals surface area contributed by atoms with E-state index < -0.39 is 30.2 Å². The van der Waals surface area contributed by atoms with Crippen LogP contribution in [0.4, 0.5) is 18.0 Å². The number of hydrogen-bond donors (Lipinski definition) is 1. The number of halogens is 3. The van der Waals surface area contributed by atoms with Gasteiger partial charge in [-0.2, -0.15) is 18.4 Å². The van der Waals surface area contributed by atoms with Crippen LogP contribution in [0.25, 0.3) is 0 Å². The second kappa shape index (κ2) is 4.77. The number of nitrogens with one attached hydrogen (secondary N) is 1. The Bertz CT molecular complexity index is 634. The second-order valence-electron chi connectivity index (χ2n) is 4.75. The molecule has 1 aromatic carbocycles. The molecule has 1 saturated heterocycles. The van der Waals surface area contributed by atoms with Crippen molar-refractivity contribution < 1.29 is 22.8 Å². The van der Waals surface area contributed by atoms with Crippen LogP contribution in [0, 0.1) is 11.3 Å². The summed E-state index contributed by atoms with van der Waals surface area (Å²) in [4.78, 5) is 23.9. The summed E-state index contributed by atoms with van der Waals surface area (Å²) in [6, 6.07) is 6.49. The van der Waals surface area contributed by atoms with Crippen molar-refractivity contribution in [3.63, 3.8) is 0 Å². The fourth-order valence-corrected chi connectivity index (χ4v) is 2.09. The number of amides is 3. The van der Waals surface area contributed by atoms with Crippen molar-refractivity contribution in [1.29, 1.82) is 5.26 Å². The van der Waals surface area contributed by atoms with Gasteiger partial charge in [-0.05, 0) is 24.6 Å². The van der Waals surface area contributed by atoms with Crippen LogP contribution in [0.3, 0.4) is 0 Å². The minimum absolute atomic E-state index is 0.137. The van der Waals surface area contributed by atoms with Gasteiger partial charge in [-0.3, -0.25) is 9.69 Å². The third kappa shape index (κ3) is 2.67. The van der Waals surface area contributed by atoms with E-state index >= 15 is 0 Å². The topological polar surface area (TPSA) is 73.2 Å². The van der Waals surface area contributed by atoms with E-state index in [-0.39, 0.29) is 4.90 Å². The third-order valence-electron chi connectivity index (χ3n) is 3.20. The van der Waals surface area contributed by atoms with Gasteiger partial charge < -0.3 is 5.32 Å². The zero-order valence-corrected chi connectivity index (χ0v) is 10.9. The largest absolute Gasteiger partial charge is 0.406 e. The fourth-order valence-electron chi connectivity index (χ4n) is 2.09. The number of carbonyl (C=O) groups excluding carboxylic acids is 2. The number of rotatable bonds is 2. The highest BCUT2D eigenvalue weighted by atomic mass is 19.4. The van der Waals surface area contributed by atoms with Gasteiger partial charge in [0, 0.05) is 0 Å². The summed E-state index contributed by atoms with van der Waals surface area (Å²) in [6.07, 6.45) is -4.66. The van der Waals surface area contributed by atoms with E-state index in [0.29, 0.717) is 11.1 Å². The fraction of sp³-hybridized carbons (Fsp3) is 0.308. The zero-order valence-electron chi connectivity index (χ0n) is 10.9. The lowest BCUT2D eigenvalue weighted by Gasteiger charge is -2.22. The van der Waals surface area contributed by atoms with Gasteiger partial charge in [0.25, 0.3) is 5.91 Å². The van der Waals surface area contributed by atoms with Gasteiger partial charge in [0.05, 0.1) is 11.6 Å². The lowest BCUT2D eigenvalue weighted by atomic mass is 9.91. The Morgan fingerprint density at radius 1 is 1.29 bits per heavy atom. The highest BCUT2D eigenvalue weighted by molar-refractivity contribution is 6.07. The van der Waals surface area contributed by atoms with E-state index in [1.54, 1.807) is 0 Å². The quantitative estimate of drug-likeness (QED) is 0.847. The van der Waals surface area contributed by atoms with E-state index in [4.69, 9.17) is 5.26 Å². The smallest absolute Gasteiger partial charge is 0.319 e. The predicted molar refractivity (Wildman–Crippen MR) is 64.8 cm³/mol. The lowest BCUT2D eigenvalue weighted by Crippen LogP contribution is -2.42. The SMILES string of the molecule is CC1(c2ccc(C#N)cc2)NC(=O)N(CC(F)(F)F)C1=O. The van der Waals surface area contributed by atoms with E-state index in [1.165, 1.54) is 31.2 Å². The third-order valence-corrected chi connectivity index (χ3v) is 3.20. The zero-order chi connectivity index (χ0) is 15.8. The normalized spacial score (nSPS) is 22.1. The molecule has 1 heterocycles. The van der Waals surface area contributed by atoms with E-state index in [0.717, 1.165) is 0 Å². The summed E-state index contributed by atoms with van der Waals surface area (Å²) in [5.74, 6) is -0.977. The van der Waals surface area contributed by atoms with Crippen LogP contribution in [0.5, 0.6) is 0 Å². The average Bonchev–Trinajstić information content (AvgIpc) is 2.62. The first-order valence-electron chi connectivity index (χ1n) is 5.89. The average molecular weight is 297 g/mol. The maximum absolute atomic E-state index is 12.4. The molecule has 1 N–H and O–H groups in total. The van der Waals surface area contributed by atoms with Crippen molar-refractivity contribution >= 4 is 11.9 Å². The molecule has 110 valence electrons. The monoisotopic (exact) mass is 297 g/mol. The molecule has 1 aliphatic heterocycles. The Morgan fingerprint density at radius 2 is 1.86 bits per heavy atom. The number of carbonyl (C=O) groups is 2. The van der Waals surface area contributed by atoms with Crippen molar-refractivity contribution in [2.24, 2.45) is 0 Å². The van der Waals surface area contributed by atoms with Crippen LogP contribution in [0.1, 0.15) is 18.1 Å². The second-order valence-corrected chi connectivity index (χ2v) is 4.75. The van der Waals surface area contributed by atoms with Gasteiger partial charge in [-0.15, -0.1) is 0 Å². The Morgan fingerprint density at radius 3 is 2.33 bits per heavy atom. The van der Waals surface area contributed by atoms with Crippen molar-refractivity contribution in [3.8, 4) is 6.07 Å². The summed E-state index contributed by atoms with van der Waals surface area (Å²) < 4.78 is 37.2. The molecule has 1 fully saturated rings. The summed E-state index contributed by atoms with van der Waals surface area (Å²) in [5.41, 5.74) is -0.924. The first-order valence-corrected chi connectivity index (χ1v) is 5.89. The summed E-state index contributed by atoms with van der Waals surface area (Å²) in [6.45, 7) is -0.311. The molecule has 3 amide bonds. The number of imide groups is 1. The van der Waals surface area contributed by atoms with Crippen molar-refractivity contribution in [1.82, 2.24) is 10.2 Å². The van der Waals surface area contributed by atoms with Crippen LogP contribution in [0.2, 0.25) is 0 Å². The van der Waals surface area contributed by atoms with Crippen LogP contribution >= 0.6 is 0 Å².